The van der Waals surface area contributed by atoms with Crippen LogP contribution in [0.15, 0.2) is 4.99 Å². The van der Waals surface area contributed by atoms with E-state index in [1.807, 2.05) is 0 Å². The van der Waals surface area contributed by atoms with Crippen LogP contribution in [0.4, 0.5) is 0 Å². The lowest BCUT2D eigenvalue weighted by Crippen LogP contribution is -2.16. The summed E-state index contributed by atoms with van der Waals surface area (Å²) in [5, 5.41) is 0. The van der Waals surface area contributed by atoms with E-state index in [-0.39, 0.29) is 0 Å². The van der Waals surface area contributed by atoms with Crippen LogP contribution in [0.25, 0.3) is 0 Å². The molecule has 0 N–H and O–H groups in total. The number of aliphatic imine (C=N–C) groups is 1. The quantitative estimate of drug-likeness (QED) is 0.522. The summed E-state index contributed by atoms with van der Waals surface area (Å²) in [5.74, 6) is 0.605. The van der Waals surface area contributed by atoms with Gasteiger partial charge in [-0.1, -0.05) is 13.8 Å². The minimum absolute atomic E-state index is 0.577. The Morgan fingerprint density at radius 1 is 1.56 bits per heavy atom. The van der Waals surface area contributed by atoms with Gasteiger partial charge in [-0.2, -0.15) is 0 Å². The molecule has 0 aromatic rings. The Kier molecular flexibility index (Phi) is 2.22. The van der Waals surface area contributed by atoms with Crippen LogP contribution in [-0.2, 0) is 4.74 Å². The van der Waals surface area contributed by atoms with E-state index in [4.69, 9.17) is 4.74 Å². The van der Waals surface area contributed by atoms with Crippen molar-refractivity contribution in [1.82, 2.24) is 0 Å². The lowest BCUT2D eigenvalue weighted by molar-refractivity contribution is 0.138. The summed E-state index contributed by atoms with van der Waals surface area (Å²) in [5.41, 5.74) is 1.31. The molecule has 1 rings (SSSR count). The standard InChI is InChI=1S/C7H13NO/c1-6(2)7-3-4-9-5-8-7/h6H,3-5H2,1-2H3. The molecule has 0 amide bonds. The normalized spacial score (nSPS) is 20.1. The van der Waals surface area contributed by atoms with Gasteiger partial charge in [0.2, 0.25) is 0 Å². The van der Waals surface area contributed by atoms with Crippen molar-refractivity contribution in [3.05, 3.63) is 0 Å². The van der Waals surface area contributed by atoms with Gasteiger partial charge in [-0.15, -0.1) is 0 Å². The predicted octanol–water partition coefficient (Wildman–Crippen LogP) is 1.46. The van der Waals surface area contributed by atoms with Crippen molar-refractivity contribution in [2.24, 2.45) is 10.9 Å². The van der Waals surface area contributed by atoms with E-state index in [1.165, 1.54) is 5.71 Å². The molecule has 1 heterocycles. The third-order valence-corrected chi connectivity index (χ3v) is 1.53. The van der Waals surface area contributed by atoms with Crippen molar-refractivity contribution >= 4 is 5.71 Å². The molecule has 0 fully saturated rings. The van der Waals surface area contributed by atoms with Crippen LogP contribution < -0.4 is 0 Å². The Morgan fingerprint density at radius 2 is 2.33 bits per heavy atom. The van der Waals surface area contributed by atoms with Crippen LogP contribution in [0.2, 0.25) is 0 Å². The van der Waals surface area contributed by atoms with Crippen molar-refractivity contribution in [3.8, 4) is 0 Å². The summed E-state index contributed by atoms with van der Waals surface area (Å²) < 4.78 is 5.06. The van der Waals surface area contributed by atoms with E-state index in [0.29, 0.717) is 12.6 Å². The third kappa shape index (κ3) is 1.79. The monoisotopic (exact) mass is 127 g/mol. The van der Waals surface area contributed by atoms with Crippen molar-refractivity contribution in [2.75, 3.05) is 13.3 Å². The lowest BCUT2D eigenvalue weighted by atomic mass is 10.1. The van der Waals surface area contributed by atoms with E-state index in [9.17, 15) is 0 Å². The molecule has 0 aromatic carbocycles. The zero-order valence-corrected chi connectivity index (χ0v) is 6.05. The molecule has 0 radical (unpaired) electrons. The SMILES string of the molecule is CC(C)C1=NCOCC1. The summed E-state index contributed by atoms with van der Waals surface area (Å²) in [6, 6.07) is 0. The van der Waals surface area contributed by atoms with Crippen molar-refractivity contribution in [2.45, 2.75) is 20.3 Å². The molecule has 0 saturated heterocycles. The first kappa shape index (κ1) is 6.75. The minimum atomic E-state index is 0.577. The highest BCUT2D eigenvalue weighted by Gasteiger charge is 2.07. The summed E-state index contributed by atoms with van der Waals surface area (Å²) in [6.07, 6.45) is 1.03. The molecule has 2 nitrogen and oxygen atoms in total. The van der Waals surface area contributed by atoms with Crippen LogP contribution in [0.1, 0.15) is 20.3 Å². The largest absolute Gasteiger partial charge is 0.359 e. The zero-order chi connectivity index (χ0) is 6.69. The predicted molar refractivity (Wildman–Crippen MR) is 37.7 cm³/mol. The van der Waals surface area contributed by atoms with Gasteiger partial charge in [-0.3, -0.25) is 4.99 Å². The van der Waals surface area contributed by atoms with Gasteiger partial charge in [-0.05, 0) is 5.92 Å². The fourth-order valence-electron chi connectivity index (χ4n) is 0.920. The van der Waals surface area contributed by atoms with Gasteiger partial charge in [0, 0.05) is 12.1 Å². The molecule has 1 aliphatic rings. The van der Waals surface area contributed by atoms with Gasteiger partial charge < -0.3 is 4.74 Å². The highest BCUT2D eigenvalue weighted by atomic mass is 16.5. The van der Waals surface area contributed by atoms with E-state index < -0.39 is 0 Å². The number of ether oxygens (including phenoxy) is 1. The first-order chi connectivity index (χ1) is 4.30. The maximum absolute atomic E-state index is 5.06. The summed E-state index contributed by atoms with van der Waals surface area (Å²) in [7, 11) is 0. The zero-order valence-electron chi connectivity index (χ0n) is 6.05. The Morgan fingerprint density at radius 3 is 2.67 bits per heavy atom. The molecule has 0 aromatic heterocycles. The fraction of sp³-hybridized carbons (Fsp3) is 0.857. The Labute approximate surface area is 55.9 Å². The third-order valence-electron chi connectivity index (χ3n) is 1.53. The first-order valence-corrected chi connectivity index (χ1v) is 3.41. The van der Waals surface area contributed by atoms with E-state index in [1.54, 1.807) is 0 Å². The summed E-state index contributed by atoms with van der Waals surface area (Å²) >= 11 is 0. The lowest BCUT2D eigenvalue weighted by Gasteiger charge is -2.14. The Bertz CT molecular complexity index is 118. The second kappa shape index (κ2) is 2.97. The average molecular weight is 127 g/mol. The fourth-order valence-corrected chi connectivity index (χ4v) is 0.920. The van der Waals surface area contributed by atoms with Crippen LogP contribution in [0.5, 0.6) is 0 Å². The van der Waals surface area contributed by atoms with E-state index in [2.05, 4.69) is 18.8 Å². The van der Waals surface area contributed by atoms with Crippen LogP contribution in [0.3, 0.4) is 0 Å². The van der Waals surface area contributed by atoms with Crippen molar-refractivity contribution < 1.29 is 4.74 Å². The number of rotatable bonds is 1. The van der Waals surface area contributed by atoms with Gasteiger partial charge in [-0.25, -0.2) is 0 Å². The average Bonchev–Trinajstić information content (AvgIpc) is 1.90. The van der Waals surface area contributed by atoms with Crippen LogP contribution in [-0.4, -0.2) is 19.0 Å². The molecule has 0 bridgehead atoms. The maximum atomic E-state index is 5.06. The molecule has 2 heteroatoms. The minimum Gasteiger partial charge on any atom is -0.359 e. The topological polar surface area (TPSA) is 21.6 Å². The molecule has 0 atom stereocenters. The van der Waals surface area contributed by atoms with E-state index in [0.717, 1.165) is 13.0 Å². The van der Waals surface area contributed by atoms with Crippen molar-refractivity contribution in [3.63, 3.8) is 0 Å². The number of nitrogens with zero attached hydrogens (tertiary/aromatic N) is 1. The smallest absolute Gasteiger partial charge is 0.137 e. The molecule has 0 unspecified atom stereocenters. The maximum Gasteiger partial charge on any atom is 0.137 e. The molecular formula is C7H13NO. The van der Waals surface area contributed by atoms with Crippen LogP contribution in [0, 0.1) is 5.92 Å². The highest BCUT2D eigenvalue weighted by Crippen LogP contribution is 2.05. The van der Waals surface area contributed by atoms with E-state index >= 15 is 0 Å². The van der Waals surface area contributed by atoms with Gasteiger partial charge in [0.1, 0.15) is 6.73 Å². The second-order valence-electron chi connectivity index (χ2n) is 2.59. The van der Waals surface area contributed by atoms with Gasteiger partial charge in [0.05, 0.1) is 6.61 Å². The summed E-state index contributed by atoms with van der Waals surface area (Å²) in [4.78, 5) is 4.22. The number of hydrogen-bond acceptors (Lipinski definition) is 2. The van der Waals surface area contributed by atoms with Gasteiger partial charge in [0.15, 0.2) is 0 Å². The molecule has 52 valence electrons. The first-order valence-electron chi connectivity index (χ1n) is 3.41. The van der Waals surface area contributed by atoms with Crippen molar-refractivity contribution in [1.29, 1.82) is 0 Å². The molecule has 1 aliphatic heterocycles. The molecule has 0 saturated carbocycles. The Hall–Kier alpha value is -0.370. The second-order valence-corrected chi connectivity index (χ2v) is 2.59. The van der Waals surface area contributed by atoms with Gasteiger partial charge >= 0.3 is 0 Å². The number of hydrogen-bond donors (Lipinski definition) is 0. The molecular weight excluding hydrogens is 114 g/mol. The molecule has 0 aliphatic carbocycles. The van der Waals surface area contributed by atoms with Crippen LogP contribution >= 0.6 is 0 Å². The summed E-state index contributed by atoms with van der Waals surface area (Å²) in [6.45, 7) is 5.78. The van der Waals surface area contributed by atoms with Gasteiger partial charge in [0.25, 0.3) is 0 Å². The molecule has 0 spiro atoms. The molecule has 9 heavy (non-hydrogen) atoms. The highest BCUT2D eigenvalue weighted by molar-refractivity contribution is 5.86. The Balaban J connectivity index is 2.46.